The van der Waals surface area contributed by atoms with Gasteiger partial charge in [-0.15, -0.1) is 0 Å². The molecule has 0 aromatic heterocycles. The number of imide groups is 1. The zero-order valence-corrected chi connectivity index (χ0v) is 11.8. The number of halogens is 1. The molecule has 4 nitrogen and oxygen atoms in total. The lowest BCUT2D eigenvalue weighted by Crippen LogP contribution is -2.45. The Bertz CT molecular complexity index is 535. The summed E-state index contributed by atoms with van der Waals surface area (Å²) in [5.74, 6) is -0.923. The van der Waals surface area contributed by atoms with Crippen LogP contribution in [0, 0.1) is 11.2 Å². The van der Waals surface area contributed by atoms with Crippen LogP contribution in [0.15, 0.2) is 18.2 Å². The average Bonchev–Trinajstić information content (AvgIpc) is 2.34. The summed E-state index contributed by atoms with van der Waals surface area (Å²) >= 11 is 0. The first-order chi connectivity index (χ1) is 9.34. The lowest BCUT2D eigenvalue weighted by Gasteiger charge is -2.34. The predicted molar refractivity (Wildman–Crippen MR) is 72.9 cm³/mol. The molecule has 20 heavy (non-hydrogen) atoms. The van der Waals surface area contributed by atoms with Crippen molar-refractivity contribution in [1.29, 1.82) is 0 Å². The summed E-state index contributed by atoms with van der Waals surface area (Å²) in [4.78, 5) is 25.2. The minimum atomic E-state index is -0.430. The molecule has 1 aromatic rings. The molecular weight excluding hydrogens is 259 g/mol. The monoisotopic (exact) mass is 278 g/mol. The highest BCUT2D eigenvalue weighted by molar-refractivity contribution is 5.98. The van der Waals surface area contributed by atoms with Gasteiger partial charge >= 0.3 is 0 Å². The van der Waals surface area contributed by atoms with Gasteiger partial charge in [0, 0.05) is 30.5 Å². The Labute approximate surface area is 117 Å². The first-order valence-electron chi connectivity index (χ1n) is 6.63. The van der Waals surface area contributed by atoms with Crippen LogP contribution >= 0.6 is 0 Å². The van der Waals surface area contributed by atoms with Crippen molar-refractivity contribution in [2.45, 2.75) is 39.8 Å². The van der Waals surface area contributed by atoms with E-state index >= 15 is 0 Å². The smallest absolute Gasteiger partial charge is 0.230 e. The third-order valence-corrected chi connectivity index (χ3v) is 3.57. The Morgan fingerprint density at radius 1 is 1.20 bits per heavy atom. The maximum atomic E-state index is 14.1. The van der Waals surface area contributed by atoms with Crippen LogP contribution in [0.1, 0.15) is 37.8 Å². The number of piperidine rings is 1. The Morgan fingerprint density at radius 3 is 2.30 bits per heavy atom. The number of rotatable bonds is 3. The van der Waals surface area contributed by atoms with Crippen molar-refractivity contribution in [3.8, 4) is 0 Å². The number of amides is 2. The lowest BCUT2D eigenvalue weighted by molar-refractivity contribution is -0.153. The molecule has 0 saturated carbocycles. The number of nitrogens with zero attached hydrogens (tertiary/aromatic N) is 1. The van der Waals surface area contributed by atoms with Gasteiger partial charge in [-0.25, -0.2) is 4.39 Å². The second-order valence-corrected chi connectivity index (χ2v) is 5.99. The molecule has 1 fully saturated rings. The highest BCUT2D eigenvalue weighted by Gasteiger charge is 2.37. The molecule has 1 saturated heterocycles. The first kappa shape index (κ1) is 14.7. The minimum Gasteiger partial charge on any atom is -0.326 e. The number of carbonyl (C=O) groups excluding carboxylic acids is 2. The summed E-state index contributed by atoms with van der Waals surface area (Å²) in [7, 11) is 0. The standard InChI is InChI=1S/C15H19FN2O2/c1-15(2)6-12(19)18(13(20)7-15)9-11-5-3-4-10(8-17)14(11)16/h3-5H,6-9,17H2,1-2H3. The van der Waals surface area contributed by atoms with Gasteiger partial charge in [0.2, 0.25) is 11.8 Å². The van der Waals surface area contributed by atoms with Crippen LogP contribution in [-0.2, 0) is 22.7 Å². The maximum absolute atomic E-state index is 14.1. The molecule has 1 aliphatic heterocycles. The molecule has 0 aliphatic carbocycles. The van der Waals surface area contributed by atoms with Crippen LogP contribution in [0.25, 0.3) is 0 Å². The van der Waals surface area contributed by atoms with E-state index in [2.05, 4.69) is 0 Å². The highest BCUT2D eigenvalue weighted by Crippen LogP contribution is 2.32. The van der Waals surface area contributed by atoms with Crippen LogP contribution in [-0.4, -0.2) is 16.7 Å². The van der Waals surface area contributed by atoms with E-state index in [0.29, 0.717) is 24.0 Å². The topological polar surface area (TPSA) is 63.4 Å². The molecule has 1 aliphatic rings. The third kappa shape index (κ3) is 2.88. The molecule has 0 bridgehead atoms. The molecule has 5 heteroatoms. The number of hydrogen-bond acceptors (Lipinski definition) is 3. The van der Waals surface area contributed by atoms with E-state index in [9.17, 15) is 14.0 Å². The molecule has 1 heterocycles. The van der Waals surface area contributed by atoms with E-state index in [1.54, 1.807) is 18.2 Å². The van der Waals surface area contributed by atoms with Crippen molar-refractivity contribution in [1.82, 2.24) is 4.90 Å². The van der Waals surface area contributed by atoms with Crippen molar-refractivity contribution in [3.05, 3.63) is 35.1 Å². The van der Waals surface area contributed by atoms with Crippen LogP contribution in [0.3, 0.4) is 0 Å². The molecule has 108 valence electrons. The van der Waals surface area contributed by atoms with Gasteiger partial charge in [-0.1, -0.05) is 32.0 Å². The Kier molecular flexibility index (Phi) is 3.90. The molecule has 0 spiro atoms. The fourth-order valence-corrected chi connectivity index (χ4v) is 2.47. The van der Waals surface area contributed by atoms with Crippen LogP contribution < -0.4 is 5.73 Å². The van der Waals surface area contributed by atoms with Crippen molar-refractivity contribution in [2.24, 2.45) is 11.1 Å². The Balaban J connectivity index is 2.22. The Hall–Kier alpha value is -1.75. The van der Waals surface area contributed by atoms with Gasteiger partial charge in [-0.05, 0) is 5.41 Å². The summed E-state index contributed by atoms with van der Waals surface area (Å²) in [5, 5.41) is 0. The summed E-state index contributed by atoms with van der Waals surface area (Å²) < 4.78 is 14.1. The van der Waals surface area contributed by atoms with Gasteiger partial charge in [-0.2, -0.15) is 0 Å². The summed E-state index contributed by atoms with van der Waals surface area (Å²) in [6.07, 6.45) is 0.605. The predicted octanol–water partition coefficient (Wildman–Crippen LogP) is 1.96. The van der Waals surface area contributed by atoms with Crippen molar-refractivity contribution in [3.63, 3.8) is 0 Å². The molecule has 0 unspecified atom stereocenters. The first-order valence-corrected chi connectivity index (χ1v) is 6.63. The number of hydrogen-bond donors (Lipinski definition) is 1. The number of carbonyl (C=O) groups is 2. The second-order valence-electron chi connectivity index (χ2n) is 5.99. The molecule has 0 radical (unpaired) electrons. The highest BCUT2D eigenvalue weighted by atomic mass is 19.1. The molecular formula is C15H19FN2O2. The quantitative estimate of drug-likeness (QED) is 0.860. The summed E-state index contributed by atoms with van der Waals surface area (Å²) in [5.41, 5.74) is 5.85. The van der Waals surface area contributed by atoms with Crippen molar-refractivity contribution >= 4 is 11.8 Å². The van der Waals surface area contributed by atoms with E-state index in [-0.39, 0.29) is 30.3 Å². The summed E-state index contributed by atoms with van der Waals surface area (Å²) in [6.45, 7) is 3.84. The minimum absolute atomic E-state index is 0.0204. The second kappa shape index (κ2) is 5.32. The van der Waals surface area contributed by atoms with Gasteiger partial charge in [-0.3, -0.25) is 14.5 Å². The molecule has 2 rings (SSSR count). The molecule has 2 N–H and O–H groups in total. The number of nitrogens with two attached hydrogens (primary N) is 1. The average molecular weight is 278 g/mol. The zero-order valence-electron chi connectivity index (χ0n) is 11.8. The van der Waals surface area contributed by atoms with Gasteiger partial charge in [0.15, 0.2) is 0 Å². The van der Waals surface area contributed by atoms with E-state index in [1.807, 2.05) is 13.8 Å². The van der Waals surface area contributed by atoms with Crippen molar-refractivity contribution in [2.75, 3.05) is 0 Å². The Morgan fingerprint density at radius 2 is 1.75 bits per heavy atom. The van der Waals surface area contributed by atoms with Crippen LogP contribution in [0.5, 0.6) is 0 Å². The molecule has 0 atom stereocenters. The molecule has 2 amide bonds. The van der Waals surface area contributed by atoms with E-state index in [4.69, 9.17) is 5.73 Å². The van der Waals surface area contributed by atoms with Gasteiger partial charge in [0.1, 0.15) is 5.82 Å². The van der Waals surface area contributed by atoms with Gasteiger partial charge in [0.25, 0.3) is 0 Å². The van der Waals surface area contributed by atoms with E-state index in [1.165, 1.54) is 0 Å². The van der Waals surface area contributed by atoms with Crippen LogP contribution in [0.2, 0.25) is 0 Å². The fraction of sp³-hybridized carbons (Fsp3) is 0.467. The van der Waals surface area contributed by atoms with E-state index < -0.39 is 5.82 Å². The van der Waals surface area contributed by atoms with Crippen LogP contribution in [0.4, 0.5) is 4.39 Å². The normalized spacial score (nSPS) is 18.5. The zero-order chi connectivity index (χ0) is 14.9. The third-order valence-electron chi connectivity index (χ3n) is 3.57. The largest absolute Gasteiger partial charge is 0.326 e. The number of likely N-dealkylation sites (tertiary alicyclic amines) is 1. The SMILES string of the molecule is CC1(C)CC(=O)N(Cc2cccc(CN)c2F)C(=O)C1. The van der Waals surface area contributed by atoms with Gasteiger partial charge in [0.05, 0.1) is 6.54 Å². The van der Waals surface area contributed by atoms with E-state index in [0.717, 1.165) is 4.90 Å². The molecule has 1 aromatic carbocycles. The lowest BCUT2D eigenvalue weighted by atomic mass is 9.81. The summed E-state index contributed by atoms with van der Waals surface area (Å²) in [6, 6.07) is 4.86. The fourth-order valence-electron chi connectivity index (χ4n) is 2.47. The van der Waals surface area contributed by atoms with Gasteiger partial charge < -0.3 is 5.73 Å². The van der Waals surface area contributed by atoms with Crippen molar-refractivity contribution < 1.29 is 14.0 Å². The number of benzene rings is 1. The maximum Gasteiger partial charge on any atom is 0.230 e.